The average Bonchev–Trinajstić information content (AvgIpc) is 2.47. The number of halogens is 1. The topological polar surface area (TPSA) is 57.1 Å². The Kier molecular flexibility index (Phi) is 2.46. The molecule has 1 saturated heterocycles. The van der Waals surface area contributed by atoms with Gasteiger partial charge in [-0.25, -0.2) is 0 Å². The summed E-state index contributed by atoms with van der Waals surface area (Å²) in [4.78, 5) is 5.43. The van der Waals surface area contributed by atoms with Gasteiger partial charge in [-0.2, -0.15) is 0 Å². The zero-order valence-electron chi connectivity index (χ0n) is 7.31. The zero-order chi connectivity index (χ0) is 9.26. The second kappa shape index (κ2) is 3.59. The maximum absolute atomic E-state index is 5.66. The van der Waals surface area contributed by atoms with Crippen LogP contribution in [0, 0.1) is 0 Å². The van der Waals surface area contributed by atoms with E-state index < -0.39 is 0 Å². The van der Waals surface area contributed by atoms with Crippen LogP contribution in [0.5, 0.6) is 0 Å². The van der Waals surface area contributed by atoms with E-state index in [2.05, 4.69) is 31.1 Å². The van der Waals surface area contributed by atoms with E-state index in [-0.39, 0.29) is 0 Å². The maximum atomic E-state index is 5.66. The minimum Gasteiger partial charge on any atom is -0.385 e. The van der Waals surface area contributed by atoms with Crippen molar-refractivity contribution in [3.8, 4) is 0 Å². The molecule has 1 aromatic heterocycles. The van der Waals surface area contributed by atoms with E-state index in [1.807, 2.05) is 6.07 Å². The molecule has 1 aliphatic heterocycles. The first kappa shape index (κ1) is 8.90. The van der Waals surface area contributed by atoms with E-state index >= 15 is 0 Å². The minimum absolute atomic E-state index is 0.709. The Morgan fingerprint density at radius 2 is 2.08 bits per heavy atom. The van der Waals surface area contributed by atoms with E-state index in [1.54, 1.807) is 0 Å². The van der Waals surface area contributed by atoms with Crippen molar-refractivity contribution < 1.29 is 0 Å². The molecule has 2 heterocycles. The van der Waals surface area contributed by atoms with Crippen LogP contribution in [0.1, 0.15) is 0 Å². The van der Waals surface area contributed by atoms with Gasteiger partial charge in [0, 0.05) is 26.2 Å². The van der Waals surface area contributed by atoms with E-state index in [0.29, 0.717) is 5.82 Å². The molecule has 0 amide bonds. The molecule has 0 radical (unpaired) electrons. The number of nitrogens with one attached hydrogen (secondary N) is 2. The number of nitrogens with zero attached hydrogens (tertiary/aromatic N) is 1. The quantitative estimate of drug-likeness (QED) is 0.685. The highest BCUT2D eigenvalue weighted by atomic mass is 79.9. The van der Waals surface area contributed by atoms with Crippen LogP contribution in [0.15, 0.2) is 10.5 Å². The summed E-state index contributed by atoms with van der Waals surface area (Å²) < 4.78 is 1.05. The van der Waals surface area contributed by atoms with Gasteiger partial charge in [-0.15, -0.1) is 0 Å². The number of rotatable bonds is 1. The third-order valence-electron chi connectivity index (χ3n) is 2.20. The second-order valence-corrected chi connectivity index (χ2v) is 4.01. The number of hydrogen-bond acceptors (Lipinski definition) is 3. The molecule has 0 unspecified atom stereocenters. The van der Waals surface area contributed by atoms with Crippen molar-refractivity contribution in [3.05, 3.63) is 10.5 Å². The Morgan fingerprint density at radius 1 is 1.38 bits per heavy atom. The molecule has 1 fully saturated rings. The summed E-state index contributed by atoms with van der Waals surface area (Å²) in [5.41, 5.74) is 5.66. The summed E-state index contributed by atoms with van der Waals surface area (Å²) in [6.07, 6.45) is 0. The molecule has 2 rings (SSSR count). The van der Waals surface area contributed by atoms with Crippen molar-refractivity contribution in [2.75, 3.05) is 36.8 Å². The van der Waals surface area contributed by atoms with Gasteiger partial charge < -0.3 is 20.9 Å². The molecule has 13 heavy (non-hydrogen) atoms. The van der Waals surface area contributed by atoms with Crippen molar-refractivity contribution in [1.29, 1.82) is 0 Å². The van der Waals surface area contributed by atoms with Crippen LogP contribution in [0.4, 0.5) is 11.6 Å². The van der Waals surface area contributed by atoms with Gasteiger partial charge >= 0.3 is 0 Å². The van der Waals surface area contributed by atoms with Crippen molar-refractivity contribution >= 4 is 27.6 Å². The van der Waals surface area contributed by atoms with Crippen LogP contribution in [0.25, 0.3) is 0 Å². The summed E-state index contributed by atoms with van der Waals surface area (Å²) in [6.45, 7) is 4.12. The Bertz CT molecular complexity index is 290. The standard InChI is InChI=1S/C8H13BrN4/c9-6-5-7(10)12-8(6)13-3-1-11-2-4-13/h5,11-12H,1-4,10H2. The van der Waals surface area contributed by atoms with E-state index in [0.717, 1.165) is 36.5 Å². The third-order valence-corrected chi connectivity index (χ3v) is 2.81. The highest BCUT2D eigenvalue weighted by Gasteiger charge is 2.14. The molecule has 0 spiro atoms. The monoisotopic (exact) mass is 244 g/mol. The number of aromatic amines is 1. The average molecular weight is 245 g/mol. The molecule has 0 saturated carbocycles. The van der Waals surface area contributed by atoms with Crippen molar-refractivity contribution in [2.24, 2.45) is 0 Å². The predicted molar refractivity (Wildman–Crippen MR) is 58.0 cm³/mol. The molecule has 0 aliphatic carbocycles. The van der Waals surface area contributed by atoms with Gasteiger partial charge in [0.05, 0.1) is 4.47 Å². The molecule has 0 aromatic carbocycles. The Balaban J connectivity index is 2.18. The molecular formula is C8H13BrN4. The number of nitrogen functional groups attached to an aromatic ring is 1. The van der Waals surface area contributed by atoms with Gasteiger partial charge in [-0.05, 0) is 22.0 Å². The first-order chi connectivity index (χ1) is 6.27. The zero-order valence-corrected chi connectivity index (χ0v) is 8.89. The Morgan fingerprint density at radius 3 is 2.62 bits per heavy atom. The van der Waals surface area contributed by atoms with Crippen LogP contribution < -0.4 is 16.0 Å². The number of piperazine rings is 1. The van der Waals surface area contributed by atoms with E-state index in [9.17, 15) is 0 Å². The van der Waals surface area contributed by atoms with Gasteiger partial charge in [-0.1, -0.05) is 0 Å². The maximum Gasteiger partial charge on any atom is 0.122 e. The lowest BCUT2D eigenvalue weighted by Gasteiger charge is -2.28. The van der Waals surface area contributed by atoms with Gasteiger partial charge in [0.2, 0.25) is 0 Å². The van der Waals surface area contributed by atoms with Crippen LogP contribution in [-0.2, 0) is 0 Å². The molecule has 0 bridgehead atoms. The lowest BCUT2D eigenvalue weighted by atomic mass is 10.3. The second-order valence-electron chi connectivity index (χ2n) is 3.16. The number of nitrogens with two attached hydrogens (primary N) is 1. The number of hydrogen-bond donors (Lipinski definition) is 3. The van der Waals surface area contributed by atoms with Crippen LogP contribution >= 0.6 is 15.9 Å². The van der Waals surface area contributed by atoms with Crippen LogP contribution in [0.3, 0.4) is 0 Å². The smallest absolute Gasteiger partial charge is 0.122 e. The molecule has 5 heteroatoms. The summed E-state index contributed by atoms with van der Waals surface area (Å²) in [5.74, 6) is 1.81. The molecule has 4 N–H and O–H groups in total. The largest absolute Gasteiger partial charge is 0.385 e. The SMILES string of the molecule is Nc1cc(Br)c(N2CCNCC2)[nH]1. The first-order valence-corrected chi connectivity index (χ1v) is 5.16. The van der Waals surface area contributed by atoms with Gasteiger partial charge in [0.15, 0.2) is 0 Å². The fraction of sp³-hybridized carbons (Fsp3) is 0.500. The van der Waals surface area contributed by atoms with Crippen molar-refractivity contribution in [3.63, 3.8) is 0 Å². The van der Waals surface area contributed by atoms with Gasteiger partial charge in [-0.3, -0.25) is 0 Å². The summed E-state index contributed by atoms with van der Waals surface area (Å²) >= 11 is 3.48. The third kappa shape index (κ3) is 1.81. The lowest BCUT2D eigenvalue weighted by molar-refractivity contribution is 0.585. The van der Waals surface area contributed by atoms with Gasteiger partial charge in [0.1, 0.15) is 11.6 Å². The van der Waals surface area contributed by atoms with E-state index in [1.165, 1.54) is 0 Å². The summed E-state index contributed by atoms with van der Waals surface area (Å²) in [5, 5.41) is 3.31. The number of aromatic nitrogens is 1. The summed E-state index contributed by atoms with van der Waals surface area (Å²) in [6, 6.07) is 1.90. The Hall–Kier alpha value is -0.680. The molecular weight excluding hydrogens is 232 g/mol. The fourth-order valence-electron chi connectivity index (χ4n) is 1.56. The highest BCUT2D eigenvalue weighted by molar-refractivity contribution is 9.10. The van der Waals surface area contributed by atoms with Crippen LogP contribution in [-0.4, -0.2) is 31.2 Å². The van der Waals surface area contributed by atoms with E-state index in [4.69, 9.17) is 5.73 Å². The normalized spacial score (nSPS) is 17.8. The number of H-pyrrole nitrogens is 1. The van der Waals surface area contributed by atoms with Gasteiger partial charge in [0.25, 0.3) is 0 Å². The number of anilines is 2. The Labute approximate surface area is 85.6 Å². The van der Waals surface area contributed by atoms with Crippen molar-refractivity contribution in [2.45, 2.75) is 0 Å². The summed E-state index contributed by atoms with van der Waals surface area (Å²) in [7, 11) is 0. The highest BCUT2D eigenvalue weighted by Crippen LogP contribution is 2.27. The molecule has 72 valence electrons. The molecule has 4 nitrogen and oxygen atoms in total. The minimum atomic E-state index is 0.709. The molecule has 1 aliphatic rings. The lowest BCUT2D eigenvalue weighted by Crippen LogP contribution is -2.43. The van der Waals surface area contributed by atoms with Crippen molar-refractivity contribution in [1.82, 2.24) is 10.3 Å². The molecule has 0 atom stereocenters. The predicted octanol–water partition coefficient (Wildman–Crippen LogP) is 0.769. The fourth-order valence-corrected chi connectivity index (χ4v) is 2.15. The molecule has 1 aromatic rings. The van der Waals surface area contributed by atoms with Crippen LogP contribution in [0.2, 0.25) is 0 Å². The first-order valence-electron chi connectivity index (χ1n) is 4.37.